The highest BCUT2D eigenvalue weighted by atomic mass is 16.5. The fourth-order valence-electron chi connectivity index (χ4n) is 14.0. The molecule has 0 amide bonds. The van der Waals surface area contributed by atoms with E-state index in [1.54, 1.807) is 0 Å². The van der Waals surface area contributed by atoms with Crippen LogP contribution in [0.4, 0.5) is 0 Å². The van der Waals surface area contributed by atoms with Gasteiger partial charge in [-0.3, -0.25) is 0 Å². The zero-order valence-electron chi connectivity index (χ0n) is 48.5. The van der Waals surface area contributed by atoms with Crippen LogP contribution in [0.25, 0.3) is 22.3 Å². The van der Waals surface area contributed by atoms with Crippen LogP contribution in [0.3, 0.4) is 0 Å². The van der Waals surface area contributed by atoms with E-state index in [4.69, 9.17) is 28.9 Å². The molecule has 0 radical (unpaired) electrons. The minimum Gasteiger partial charge on any atom is -0.462 e. The molecular formula is C72H70N4O8. The Bertz CT molecular complexity index is 3780. The van der Waals surface area contributed by atoms with E-state index in [9.17, 15) is 19.2 Å². The lowest BCUT2D eigenvalue weighted by atomic mass is 9.82. The second-order valence-electron chi connectivity index (χ2n) is 22.7. The molecule has 4 aromatic carbocycles. The molecule has 5 aliphatic carbocycles. The van der Waals surface area contributed by atoms with Crippen LogP contribution < -0.4 is 10.7 Å². The molecule has 4 heterocycles. The van der Waals surface area contributed by atoms with E-state index >= 15 is 0 Å². The number of aromatic amines is 2. The Kier molecular flexibility index (Phi) is 15.1. The molecule has 2 aliphatic heterocycles. The molecule has 13 rings (SSSR count). The van der Waals surface area contributed by atoms with Crippen LogP contribution in [0.5, 0.6) is 0 Å². The molecule has 0 atom stereocenters. The lowest BCUT2D eigenvalue weighted by molar-refractivity contribution is 0.0516. The average Bonchev–Trinajstić information content (AvgIpc) is 2.54. The lowest BCUT2D eigenvalue weighted by Crippen LogP contribution is -2.25. The van der Waals surface area contributed by atoms with E-state index in [1.165, 1.54) is 44.5 Å². The molecule has 8 bridgehead atoms. The van der Waals surface area contributed by atoms with Gasteiger partial charge in [0, 0.05) is 22.3 Å². The Morgan fingerprint density at radius 3 is 0.929 bits per heavy atom. The number of ether oxygens (including phenoxy) is 4. The Labute approximate surface area is 489 Å². The van der Waals surface area contributed by atoms with Crippen molar-refractivity contribution in [3.63, 3.8) is 0 Å². The van der Waals surface area contributed by atoms with E-state index < -0.39 is 0 Å². The number of hydrogen-bond donors (Lipinski definition) is 2. The first-order chi connectivity index (χ1) is 41.2. The van der Waals surface area contributed by atoms with Crippen LogP contribution in [0, 0.1) is 0 Å². The molecule has 0 unspecified atom stereocenters. The molecule has 7 aliphatic rings. The van der Waals surface area contributed by atoms with Crippen molar-refractivity contribution >= 4 is 57.6 Å². The summed E-state index contributed by atoms with van der Waals surface area (Å²) in [6, 6.07) is 31.5. The highest BCUT2D eigenvalue weighted by Crippen LogP contribution is 2.50. The van der Waals surface area contributed by atoms with Gasteiger partial charge in [-0.15, -0.1) is 0 Å². The van der Waals surface area contributed by atoms with E-state index in [0.29, 0.717) is 22.3 Å². The van der Waals surface area contributed by atoms with Gasteiger partial charge >= 0.3 is 23.9 Å². The summed E-state index contributed by atoms with van der Waals surface area (Å²) in [5.74, 6) is -1.47. The normalized spacial score (nSPS) is 17.3. The zero-order valence-corrected chi connectivity index (χ0v) is 48.5. The summed E-state index contributed by atoms with van der Waals surface area (Å²) in [5, 5.41) is 2.01. The summed E-state index contributed by atoms with van der Waals surface area (Å²) in [5.41, 5.74) is 25.1. The SMILES string of the molecule is CCOC(=O)c1ccc(C2=C3N=C(C4=C3CCCC4)C(c3ccc(C(=O)OCC)cc3)=c3[nH]c(c4c3CCCC4)=C(c3ccc(C(=O)OCC)cc3)C3=NC(=C(c4ccc(C(=O)OCC)cc4)c4[nH]c2c2c4CCCC2)C2=C3CCCC2)cc1. The predicted octanol–water partition coefficient (Wildman–Crippen LogP) is 13.1. The van der Waals surface area contributed by atoms with Crippen molar-refractivity contribution in [1.29, 1.82) is 0 Å². The predicted molar refractivity (Wildman–Crippen MR) is 327 cm³/mol. The van der Waals surface area contributed by atoms with Gasteiger partial charge < -0.3 is 28.9 Å². The summed E-state index contributed by atoms with van der Waals surface area (Å²) < 4.78 is 22.1. The molecule has 84 heavy (non-hydrogen) atoms. The molecule has 6 aromatic rings. The largest absolute Gasteiger partial charge is 0.462 e. The Morgan fingerprint density at radius 1 is 0.345 bits per heavy atom. The minimum atomic E-state index is -0.369. The van der Waals surface area contributed by atoms with Gasteiger partial charge in [0.15, 0.2) is 0 Å². The molecule has 0 saturated heterocycles. The number of carbonyl (C=O) groups excluding carboxylic acids is 4. The minimum absolute atomic E-state index is 0.272. The lowest BCUT2D eigenvalue weighted by Gasteiger charge is -2.20. The number of benzene rings is 4. The molecule has 12 heteroatoms. The number of nitrogens with zero attached hydrogens (tertiary/aromatic N) is 2. The Hall–Kier alpha value is -8.64. The number of rotatable bonds is 12. The topological polar surface area (TPSA) is 161 Å². The van der Waals surface area contributed by atoms with Gasteiger partial charge in [-0.05, 0) is 246 Å². The van der Waals surface area contributed by atoms with Crippen LogP contribution in [0.1, 0.15) is 202 Å². The third-order valence-electron chi connectivity index (χ3n) is 17.9. The molecular weight excluding hydrogens is 1050 g/mol. The average molecular weight is 1120 g/mol. The van der Waals surface area contributed by atoms with Gasteiger partial charge in [0.25, 0.3) is 0 Å². The molecule has 0 saturated carbocycles. The van der Waals surface area contributed by atoms with Gasteiger partial charge in [0.05, 0.1) is 93.6 Å². The Balaban J connectivity index is 1.22. The van der Waals surface area contributed by atoms with Crippen molar-refractivity contribution in [3.8, 4) is 0 Å². The van der Waals surface area contributed by atoms with E-state index in [0.717, 1.165) is 192 Å². The number of nitrogens with one attached hydrogen (secondary N) is 2. The number of H-pyrrole nitrogens is 2. The maximum atomic E-state index is 13.3. The van der Waals surface area contributed by atoms with Crippen molar-refractivity contribution in [2.45, 2.75) is 130 Å². The fraction of sp³-hybridized carbons (Fsp3) is 0.333. The van der Waals surface area contributed by atoms with Crippen LogP contribution in [-0.4, -0.2) is 71.7 Å². The first kappa shape index (κ1) is 54.6. The van der Waals surface area contributed by atoms with E-state index in [2.05, 4.69) is 58.5 Å². The van der Waals surface area contributed by atoms with Crippen LogP contribution in [0.2, 0.25) is 0 Å². The highest BCUT2D eigenvalue weighted by molar-refractivity contribution is 6.35. The molecule has 0 spiro atoms. The summed E-state index contributed by atoms with van der Waals surface area (Å²) in [6.07, 6.45) is 14.7. The number of aliphatic imine (C=N–C) groups is 2. The first-order valence-corrected chi connectivity index (χ1v) is 30.6. The van der Waals surface area contributed by atoms with Crippen LogP contribution in [-0.2, 0) is 44.6 Å². The summed E-state index contributed by atoms with van der Waals surface area (Å²) in [7, 11) is 0. The third-order valence-corrected chi connectivity index (χ3v) is 17.9. The number of allylic oxidation sites excluding steroid dienone is 4. The second kappa shape index (κ2) is 23.2. The monoisotopic (exact) mass is 1120 g/mol. The highest BCUT2D eigenvalue weighted by Gasteiger charge is 2.38. The Morgan fingerprint density at radius 2 is 0.619 bits per heavy atom. The van der Waals surface area contributed by atoms with Crippen molar-refractivity contribution in [3.05, 3.63) is 220 Å². The summed E-state index contributed by atoms with van der Waals surface area (Å²) in [6.45, 7) is 8.39. The molecule has 12 nitrogen and oxygen atoms in total. The number of esters is 4. The van der Waals surface area contributed by atoms with Crippen LogP contribution in [0.15, 0.2) is 141 Å². The third kappa shape index (κ3) is 9.66. The smallest absolute Gasteiger partial charge is 0.338 e. The van der Waals surface area contributed by atoms with Gasteiger partial charge in [-0.1, -0.05) is 48.5 Å². The maximum Gasteiger partial charge on any atom is 0.338 e. The van der Waals surface area contributed by atoms with Gasteiger partial charge in [-0.2, -0.15) is 0 Å². The molecule has 426 valence electrons. The first-order valence-electron chi connectivity index (χ1n) is 30.6. The van der Waals surface area contributed by atoms with Gasteiger partial charge in [0.2, 0.25) is 0 Å². The van der Waals surface area contributed by atoms with Crippen LogP contribution >= 0.6 is 0 Å². The van der Waals surface area contributed by atoms with Crippen molar-refractivity contribution in [2.75, 3.05) is 26.4 Å². The number of hydrogen-bond acceptors (Lipinski definition) is 10. The zero-order chi connectivity index (χ0) is 57.6. The molecule has 0 fully saturated rings. The fourth-order valence-corrected chi connectivity index (χ4v) is 14.0. The molecule has 2 aromatic heterocycles. The van der Waals surface area contributed by atoms with E-state index in [-0.39, 0.29) is 50.3 Å². The maximum absolute atomic E-state index is 13.3. The van der Waals surface area contributed by atoms with E-state index in [1.807, 2.05) is 76.2 Å². The van der Waals surface area contributed by atoms with Crippen molar-refractivity contribution in [1.82, 2.24) is 9.97 Å². The quantitative estimate of drug-likeness (QED) is 0.0904. The standard InChI is InChI=1S/C72H70N4O8/c1-5-81-69(77)45-33-25-41(26-34-45)57-61-49-17-9-11-19-51(49)63(73-61)58(42-27-35-46(36-28-42)70(78)82-6-2)65-53-21-13-15-23-55(53)67(75-65)60(44-31-39-48(40-32-44)72(80)84-8-4)68-56-24-16-14-22-54(56)66(76-68)59(43-29-37-47(38-30-43)71(79)83-7-3)64-52-20-12-10-18-50(52)62(57)74-64/h25-40,73,76H,5-24H2,1-4H3. The molecule has 2 N–H and O–H groups in total. The van der Waals surface area contributed by atoms with Crippen molar-refractivity contribution in [2.24, 2.45) is 9.98 Å². The van der Waals surface area contributed by atoms with Gasteiger partial charge in [-0.25, -0.2) is 29.2 Å². The number of aromatic nitrogens is 2. The van der Waals surface area contributed by atoms with Gasteiger partial charge in [0.1, 0.15) is 0 Å². The summed E-state index contributed by atoms with van der Waals surface area (Å²) >= 11 is 0. The summed E-state index contributed by atoms with van der Waals surface area (Å²) in [4.78, 5) is 74.0. The second-order valence-corrected chi connectivity index (χ2v) is 22.7. The number of carbonyl (C=O) groups is 4. The van der Waals surface area contributed by atoms with Crippen molar-refractivity contribution < 1.29 is 38.1 Å².